The third kappa shape index (κ3) is 2.55. The molecule has 1 amide bonds. The lowest BCUT2D eigenvalue weighted by Crippen LogP contribution is -2.26. The Kier molecular flexibility index (Phi) is 3.27. The molecule has 2 aromatic heterocycles. The molecule has 6 nitrogen and oxygen atoms in total. The SMILES string of the molecule is O=C(NCCc1nc2ccccc2[nH]1)c1n[nH]c2ccccc12. The van der Waals surface area contributed by atoms with E-state index < -0.39 is 0 Å². The first-order valence-electron chi connectivity index (χ1n) is 7.46. The Balaban J connectivity index is 1.43. The van der Waals surface area contributed by atoms with Crippen LogP contribution in [-0.2, 0) is 6.42 Å². The molecule has 114 valence electrons. The van der Waals surface area contributed by atoms with Crippen molar-refractivity contribution in [2.24, 2.45) is 0 Å². The molecule has 0 saturated heterocycles. The van der Waals surface area contributed by atoms with Crippen LogP contribution in [0.4, 0.5) is 0 Å². The number of amides is 1. The van der Waals surface area contributed by atoms with Crippen molar-refractivity contribution < 1.29 is 4.79 Å². The number of carbonyl (C=O) groups excluding carboxylic acids is 1. The minimum atomic E-state index is -0.182. The molecule has 23 heavy (non-hydrogen) atoms. The summed E-state index contributed by atoms with van der Waals surface area (Å²) in [6, 6.07) is 15.4. The van der Waals surface area contributed by atoms with Crippen LogP contribution in [0, 0.1) is 0 Å². The predicted molar refractivity (Wildman–Crippen MR) is 88.2 cm³/mol. The van der Waals surface area contributed by atoms with Crippen LogP contribution in [-0.4, -0.2) is 32.6 Å². The second kappa shape index (κ2) is 5.57. The van der Waals surface area contributed by atoms with E-state index in [1.54, 1.807) is 0 Å². The third-order valence-electron chi connectivity index (χ3n) is 3.77. The number of hydrogen-bond donors (Lipinski definition) is 3. The molecule has 0 unspecified atom stereocenters. The number of carbonyl (C=O) groups is 1. The number of rotatable bonds is 4. The summed E-state index contributed by atoms with van der Waals surface area (Å²) in [4.78, 5) is 20.0. The van der Waals surface area contributed by atoms with Gasteiger partial charge in [0.05, 0.1) is 16.6 Å². The molecule has 0 fully saturated rings. The zero-order valence-electron chi connectivity index (χ0n) is 12.3. The number of imidazole rings is 1. The summed E-state index contributed by atoms with van der Waals surface area (Å²) in [6.07, 6.45) is 0.642. The highest BCUT2D eigenvalue weighted by atomic mass is 16.1. The van der Waals surface area contributed by atoms with Crippen LogP contribution < -0.4 is 5.32 Å². The van der Waals surface area contributed by atoms with E-state index in [0.29, 0.717) is 18.7 Å². The Morgan fingerprint density at radius 3 is 2.70 bits per heavy atom. The van der Waals surface area contributed by atoms with Crippen LogP contribution in [0.3, 0.4) is 0 Å². The largest absolute Gasteiger partial charge is 0.350 e. The maximum atomic E-state index is 12.3. The normalized spacial score (nSPS) is 11.1. The van der Waals surface area contributed by atoms with Gasteiger partial charge in [0.15, 0.2) is 5.69 Å². The van der Waals surface area contributed by atoms with Crippen LogP contribution in [0.5, 0.6) is 0 Å². The van der Waals surface area contributed by atoms with Crippen LogP contribution in [0.15, 0.2) is 48.5 Å². The van der Waals surface area contributed by atoms with E-state index in [9.17, 15) is 4.79 Å². The highest BCUT2D eigenvalue weighted by Crippen LogP contribution is 2.15. The summed E-state index contributed by atoms with van der Waals surface area (Å²) < 4.78 is 0. The van der Waals surface area contributed by atoms with Crippen LogP contribution in [0.25, 0.3) is 21.9 Å². The van der Waals surface area contributed by atoms with E-state index in [0.717, 1.165) is 27.8 Å². The van der Waals surface area contributed by atoms with Gasteiger partial charge in [-0.1, -0.05) is 30.3 Å². The first-order valence-corrected chi connectivity index (χ1v) is 7.46. The van der Waals surface area contributed by atoms with Gasteiger partial charge in [-0.3, -0.25) is 9.89 Å². The average molecular weight is 305 g/mol. The van der Waals surface area contributed by atoms with Crippen LogP contribution >= 0.6 is 0 Å². The average Bonchev–Trinajstić information content (AvgIpc) is 3.18. The Bertz CT molecular complexity index is 952. The molecular weight excluding hydrogens is 290 g/mol. The standard InChI is InChI=1S/C17H15N5O/c23-17(16-11-5-1-2-6-12(11)21-22-16)18-10-9-15-19-13-7-3-4-8-14(13)20-15/h1-8H,9-10H2,(H,18,23)(H,19,20)(H,21,22). The van der Waals surface area contributed by atoms with Gasteiger partial charge in [0.1, 0.15) is 5.82 Å². The molecular formula is C17H15N5O. The Hall–Kier alpha value is -3.15. The fourth-order valence-electron chi connectivity index (χ4n) is 2.64. The number of fused-ring (bicyclic) bond motifs is 2. The zero-order valence-corrected chi connectivity index (χ0v) is 12.3. The smallest absolute Gasteiger partial charge is 0.272 e. The van der Waals surface area contributed by atoms with E-state index in [2.05, 4.69) is 25.5 Å². The Morgan fingerprint density at radius 2 is 1.83 bits per heavy atom. The van der Waals surface area contributed by atoms with Gasteiger partial charge in [0.2, 0.25) is 0 Å². The third-order valence-corrected chi connectivity index (χ3v) is 3.77. The van der Waals surface area contributed by atoms with E-state index in [1.807, 2.05) is 48.5 Å². The lowest BCUT2D eigenvalue weighted by atomic mass is 10.2. The maximum Gasteiger partial charge on any atom is 0.272 e. The molecule has 0 bridgehead atoms. The number of aromatic amines is 2. The Labute approximate surface area is 131 Å². The number of H-pyrrole nitrogens is 2. The van der Waals surface area contributed by atoms with Crippen molar-refractivity contribution in [3.63, 3.8) is 0 Å². The summed E-state index contributed by atoms with van der Waals surface area (Å²) in [7, 11) is 0. The molecule has 0 radical (unpaired) electrons. The van der Waals surface area contributed by atoms with Gasteiger partial charge < -0.3 is 10.3 Å². The van der Waals surface area contributed by atoms with Gasteiger partial charge >= 0.3 is 0 Å². The van der Waals surface area contributed by atoms with Crippen LogP contribution in [0.1, 0.15) is 16.3 Å². The highest BCUT2D eigenvalue weighted by Gasteiger charge is 2.13. The Morgan fingerprint density at radius 1 is 1.04 bits per heavy atom. The molecule has 0 atom stereocenters. The van der Waals surface area contributed by atoms with Crippen LogP contribution in [0.2, 0.25) is 0 Å². The molecule has 6 heteroatoms. The van der Waals surface area contributed by atoms with E-state index in [4.69, 9.17) is 0 Å². The first-order chi connectivity index (χ1) is 11.3. The molecule has 0 saturated carbocycles. The second-order valence-electron chi connectivity index (χ2n) is 5.32. The monoisotopic (exact) mass is 305 g/mol. The van der Waals surface area contributed by atoms with Gasteiger partial charge in [-0.25, -0.2) is 4.98 Å². The number of nitrogens with zero attached hydrogens (tertiary/aromatic N) is 2. The highest BCUT2D eigenvalue weighted by molar-refractivity contribution is 6.04. The molecule has 4 aromatic rings. The molecule has 3 N–H and O–H groups in total. The van der Waals surface area contributed by atoms with Crippen molar-refractivity contribution in [1.29, 1.82) is 0 Å². The zero-order chi connectivity index (χ0) is 15.6. The fraction of sp³-hybridized carbons (Fsp3) is 0.118. The summed E-state index contributed by atoms with van der Waals surface area (Å²) in [5.74, 6) is 0.678. The molecule has 0 spiro atoms. The molecule has 2 aromatic carbocycles. The lowest BCUT2D eigenvalue weighted by Gasteiger charge is -2.01. The number of aromatic nitrogens is 4. The van der Waals surface area contributed by atoms with Gasteiger partial charge in [-0.2, -0.15) is 5.10 Å². The lowest BCUT2D eigenvalue weighted by molar-refractivity contribution is 0.0950. The second-order valence-corrected chi connectivity index (χ2v) is 5.32. The fourth-order valence-corrected chi connectivity index (χ4v) is 2.64. The van der Waals surface area contributed by atoms with Crippen molar-refractivity contribution in [2.45, 2.75) is 6.42 Å². The van der Waals surface area contributed by atoms with E-state index >= 15 is 0 Å². The van der Waals surface area contributed by atoms with Crippen molar-refractivity contribution in [2.75, 3.05) is 6.54 Å². The summed E-state index contributed by atoms with van der Waals surface area (Å²) >= 11 is 0. The predicted octanol–water partition coefficient (Wildman–Crippen LogP) is 2.41. The van der Waals surface area contributed by atoms with Gasteiger partial charge in [0.25, 0.3) is 5.91 Å². The van der Waals surface area contributed by atoms with Gasteiger partial charge in [0, 0.05) is 18.4 Å². The van der Waals surface area contributed by atoms with Gasteiger partial charge in [-0.05, 0) is 18.2 Å². The summed E-state index contributed by atoms with van der Waals surface area (Å²) in [5.41, 5.74) is 3.22. The van der Waals surface area contributed by atoms with Gasteiger partial charge in [-0.15, -0.1) is 0 Å². The summed E-state index contributed by atoms with van der Waals surface area (Å²) in [6.45, 7) is 0.500. The first kappa shape index (κ1) is 13.5. The van der Waals surface area contributed by atoms with Crippen molar-refractivity contribution in [3.8, 4) is 0 Å². The maximum absolute atomic E-state index is 12.3. The number of hydrogen-bond acceptors (Lipinski definition) is 3. The quantitative estimate of drug-likeness (QED) is 0.541. The molecule has 2 heterocycles. The van der Waals surface area contributed by atoms with E-state index in [1.165, 1.54) is 0 Å². The van der Waals surface area contributed by atoms with Crippen molar-refractivity contribution in [1.82, 2.24) is 25.5 Å². The molecule has 0 aliphatic rings. The topological polar surface area (TPSA) is 86.5 Å². The number of para-hydroxylation sites is 3. The molecule has 4 rings (SSSR count). The summed E-state index contributed by atoms with van der Waals surface area (Å²) in [5, 5.41) is 10.7. The minimum Gasteiger partial charge on any atom is -0.350 e. The molecule has 0 aliphatic heterocycles. The minimum absolute atomic E-state index is 0.182. The van der Waals surface area contributed by atoms with Crippen molar-refractivity contribution in [3.05, 3.63) is 60.0 Å². The number of nitrogens with one attached hydrogen (secondary N) is 3. The van der Waals surface area contributed by atoms with E-state index in [-0.39, 0.29) is 5.91 Å². The number of benzene rings is 2. The van der Waals surface area contributed by atoms with Crippen molar-refractivity contribution >= 4 is 27.8 Å². The molecule has 0 aliphatic carbocycles.